The number of pyridine rings is 1. The predicted molar refractivity (Wildman–Crippen MR) is 70.3 cm³/mol. The van der Waals surface area contributed by atoms with E-state index >= 15 is 0 Å². The van der Waals surface area contributed by atoms with Crippen molar-refractivity contribution in [2.75, 3.05) is 0 Å². The van der Waals surface area contributed by atoms with Gasteiger partial charge in [0.15, 0.2) is 0 Å². The van der Waals surface area contributed by atoms with E-state index in [1.165, 1.54) is 0 Å². The second kappa shape index (κ2) is 5.34. The number of aromatic nitrogens is 1. The molecule has 0 radical (unpaired) electrons. The topological polar surface area (TPSA) is 62.8 Å². The maximum Gasteiger partial charge on any atom is 0.125 e. The third kappa shape index (κ3) is 2.98. The fourth-order valence-electron chi connectivity index (χ4n) is 1.51. The van der Waals surface area contributed by atoms with Crippen molar-refractivity contribution in [3.8, 4) is 0 Å². The lowest BCUT2D eigenvalue weighted by Crippen LogP contribution is -2.16. The van der Waals surface area contributed by atoms with Crippen LogP contribution in [0.1, 0.15) is 37.2 Å². The Bertz CT molecular complexity index is 401. The molecular weight excluding hydrogens is 218 g/mol. The molecule has 0 aliphatic carbocycles. The van der Waals surface area contributed by atoms with Crippen LogP contribution < -0.4 is 5.73 Å². The average Bonchev–Trinajstić information content (AvgIpc) is 2.15. The lowest BCUT2D eigenvalue weighted by Gasteiger charge is -2.14. The molecule has 1 aromatic heterocycles. The molecule has 0 saturated heterocycles. The fraction of sp³-hybridized carbons (Fsp3) is 0.500. The molecule has 1 atom stereocenters. The van der Waals surface area contributed by atoms with E-state index in [4.69, 9.17) is 11.1 Å². The lowest BCUT2D eigenvalue weighted by molar-refractivity contribution is 0.904. The number of nitrogen functional groups attached to an aromatic ring is 1. The highest BCUT2D eigenvalue weighted by Crippen LogP contribution is 2.29. The first-order valence-corrected chi connectivity index (χ1v) is 6.33. The summed E-state index contributed by atoms with van der Waals surface area (Å²) in [6, 6.07) is 2.01. The second-order valence-electron chi connectivity index (χ2n) is 3.97. The molecule has 4 heteroatoms. The molecule has 0 bridgehead atoms. The molecule has 0 aliphatic rings. The minimum atomic E-state index is 0.107. The standard InChI is InChI=1S/C12H19N3S/c1-5-8(3)16-10-6-7(2)15-9(4)11(10)12(13)14/h6,8H,5H2,1-4H3,(H3,13,14). The molecule has 1 unspecified atom stereocenters. The Morgan fingerprint density at radius 1 is 1.56 bits per heavy atom. The van der Waals surface area contributed by atoms with Crippen LogP contribution in [0.5, 0.6) is 0 Å². The molecule has 0 amide bonds. The SMILES string of the molecule is CCC(C)Sc1cc(C)nc(C)c1C(=N)N. The summed E-state index contributed by atoms with van der Waals surface area (Å²) in [7, 11) is 0. The zero-order valence-corrected chi connectivity index (χ0v) is 11.1. The van der Waals surface area contributed by atoms with Crippen molar-refractivity contribution in [2.24, 2.45) is 5.73 Å². The van der Waals surface area contributed by atoms with Crippen molar-refractivity contribution >= 4 is 17.6 Å². The van der Waals surface area contributed by atoms with E-state index < -0.39 is 0 Å². The molecule has 0 aliphatic heterocycles. The Kier molecular flexibility index (Phi) is 4.35. The van der Waals surface area contributed by atoms with Gasteiger partial charge in [-0.05, 0) is 26.3 Å². The van der Waals surface area contributed by atoms with Crippen LogP contribution in [0.2, 0.25) is 0 Å². The zero-order valence-electron chi connectivity index (χ0n) is 10.3. The maximum atomic E-state index is 7.61. The summed E-state index contributed by atoms with van der Waals surface area (Å²) in [4.78, 5) is 5.43. The molecule has 16 heavy (non-hydrogen) atoms. The van der Waals surface area contributed by atoms with Crippen LogP contribution in [-0.4, -0.2) is 16.1 Å². The second-order valence-corrected chi connectivity index (χ2v) is 5.45. The molecule has 1 aromatic rings. The third-order valence-electron chi connectivity index (χ3n) is 2.46. The highest BCUT2D eigenvalue weighted by atomic mass is 32.2. The van der Waals surface area contributed by atoms with Crippen molar-refractivity contribution in [1.82, 2.24) is 4.98 Å². The van der Waals surface area contributed by atoms with Crippen LogP contribution in [0.4, 0.5) is 0 Å². The molecule has 0 aromatic carbocycles. The van der Waals surface area contributed by atoms with Gasteiger partial charge in [0.1, 0.15) is 5.84 Å². The zero-order chi connectivity index (χ0) is 12.3. The highest BCUT2D eigenvalue weighted by molar-refractivity contribution is 8.00. The first-order chi connectivity index (χ1) is 7.45. The summed E-state index contributed by atoms with van der Waals surface area (Å²) in [5, 5.41) is 8.14. The molecule has 1 heterocycles. The monoisotopic (exact) mass is 237 g/mol. The van der Waals surface area contributed by atoms with E-state index in [9.17, 15) is 0 Å². The Morgan fingerprint density at radius 2 is 2.19 bits per heavy atom. The van der Waals surface area contributed by atoms with Crippen LogP contribution in [0.25, 0.3) is 0 Å². The third-order valence-corrected chi connectivity index (χ3v) is 3.78. The molecule has 0 saturated carbocycles. The summed E-state index contributed by atoms with van der Waals surface area (Å²) in [6.07, 6.45) is 1.10. The molecule has 0 spiro atoms. The van der Waals surface area contributed by atoms with Crippen LogP contribution in [0.15, 0.2) is 11.0 Å². The summed E-state index contributed by atoms with van der Waals surface area (Å²) in [6.45, 7) is 8.22. The lowest BCUT2D eigenvalue weighted by atomic mass is 10.1. The van der Waals surface area contributed by atoms with Gasteiger partial charge in [-0.15, -0.1) is 11.8 Å². The van der Waals surface area contributed by atoms with Gasteiger partial charge in [0.25, 0.3) is 0 Å². The summed E-state index contributed by atoms with van der Waals surface area (Å²) < 4.78 is 0. The van der Waals surface area contributed by atoms with Crippen LogP contribution in [0, 0.1) is 19.3 Å². The van der Waals surface area contributed by atoms with E-state index in [0.717, 1.165) is 28.3 Å². The first-order valence-electron chi connectivity index (χ1n) is 5.45. The number of nitrogens with one attached hydrogen (secondary N) is 1. The van der Waals surface area contributed by atoms with Crippen molar-refractivity contribution in [2.45, 2.75) is 44.3 Å². The Balaban J connectivity index is 3.19. The predicted octanol–water partition coefficient (Wildman–Crippen LogP) is 2.87. The quantitative estimate of drug-likeness (QED) is 0.481. The maximum absolute atomic E-state index is 7.61. The van der Waals surface area contributed by atoms with E-state index in [2.05, 4.69) is 18.8 Å². The molecule has 3 N–H and O–H groups in total. The van der Waals surface area contributed by atoms with Gasteiger partial charge in [-0.1, -0.05) is 13.8 Å². The number of amidine groups is 1. The fourth-order valence-corrected chi connectivity index (χ4v) is 2.73. The van der Waals surface area contributed by atoms with Gasteiger partial charge >= 0.3 is 0 Å². The molecule has 3 nitrogen and oxygen atoms in total. The number of rotatable bonds is 4. The van der Waals surface area contributed by atoms with Crippen molar-refractivity contribution < 1.29 is 0 Å². The normalized spacial score (nSPS) is 12.5. The number of thioether (sulfide) groups is 1. The molecular formula is C12H19N3S. The van der Waals surface area contributed by atoms with E-state index in [1.807, 2.05) is 19.9 Å². The van der Waals surface area contributed by atoms with Gasteiger partial charge in [0.2, 0.25) is 0 Å². The van der Waals surface area contributed by atoms with Gasteiger partial charge in [-0.2, -0.15) is 0 Å². The number of nitrogens with zero attached hydrogens (tertiary/aromatic N) is 1. The van der Waals surface area contributed by atoms with Crippen molar-refractivity contribution in [1.29, 1.82) is 5.41 Å². The summed E-state index contributed by atoms with van der Waals surface area (Å²) in [5.41, 5.74) is 8.23. The van der Waals surface area contributed by atoms with Crippen molar-refractivity contribution in [3.63, 3.8) is 0 Å². The minimum absolute atomic E-state index is 0.107. The Hall–Kier alpha value is -1.03. The van der Waals surface area contributed by atoms with E-state index in [1.54, 1.807) is 11.8 Å². The smallest absolute Gasteiger partial charge is 0.125 e. The first kappa shape index (κ1) is 13.0. The summed E-state index contributed by atoms with van der Waals surface area (Å²) >= 11 is 1.77. The Morgan fingerprint density at radius 3 is 2.69 bits per heavy atom. The largest absolute Gasteiger partial charge is 0.384 e. The highest BCUT2D eigenvalue weighted by Gasteiger charge is 2.13. The van der Waals surface area contributed by atoms with Gasteiger partial charge in [0.05, 0.1) is 5.56 Å². The van der Waals surface area contributed by atoms with Crippen molar-refractivity contribution in [3.05, 3.63) is 23.0 Å². The summed E-state index contributed by atoms with van der Waals surface area (Å²) in [5.74, 6) is 0.107. The van der Waals surface area contributed by atoms with Gasteiger partial charge in [-0.25, -0.2) is 0 Å². The van der Waals surface area contributed by atoms with Gasteiger partial charge in [-0.3, -0.25) is 10.4 Å². The van der Waals surface area contributed by atoms with Crippen LogP contribution >= 0.6 is 11.8 Å². The molecule has 88 valence electrons. The number of nitrogens with two attached hydrogens (primary N) is 1. The number of hydrogen-bond acceptors (Lipinski definition) is 3. The van der Waals surface area contributed by atoms with Crippen LogP contribution in [-0.2, 0) is 0 Å². The minimum Gasteiger partial charge on any atom is -0.384 e. The average molecular weight is 237 g/mol. The number of aryl methyl sites for hydroxylation is 2. The van der Waals surface area contributed by atoms with E-state index in [-0.39, 0.29) is 5.84 Å². The Labute approximate surface area is 101 Å². The van der Waals surface area contributed by atoms with E-state index in [0.29, 0.717) is 5.25 Å². The molecule has 1 rings (SSSR count). The van der Waals surface area contributed by atoms with Gasteiger partial charge < -0.3 is 5.73 Å². The molecule has 0 fully saturated rings. The van der Waals surface area contributed by atoms with Gasteiger partial charge in [0, 0.05) is 21.5 Å². The number of hydrogen-bond donors (Lipinski definition) is 2. The van der Waals surface area contributed by atoms with Crippen LogP contribution in [0.3, 0.4) is 0 Å².